The molecule has 3 aromatic heterocycles. The maximum atomic E-state index is 12.8. The van der Waals surface area contributed by atoms with Gasteiger partial charge in [-0.1, -0.05) is 18.1 Å². The van der Waals surface area contributed by atoms with Crippen molar-refractivity contribution >= 4 is 11.4 Å². The van der Waals surface area contributed by atoms with Crippen LogP contribution >= 0.6 is 0 Å². The van der Waals surface area contributed by atoms with Crippen molar-refractivity contribution in [3.63, 3.8) is 0 Å². The highest BCUT2D eigenvalue weighted by Gasteiger charge is 2.19. The van der Waals surface area contributed by atoms with Crippen LogP contribution in [0.5, 0.6) is 0 Å². The van der Waals surface area contributed by atoms with Crippen molar-refractivity contribution in [2.45, 2.75) is 33.2 Å². The first kappa shape index (κ1) is 15.3. The van der Waals surface area contributed by atoms with Crippen molar-refractivity contribution in [3.8, 4) is 0 Å². The number of fused-ring (bicyclic) bond motifs is 1. The Morgan fingerprint density at radius 3 is 2.91 bits per heavy atom. The van der Waals surface area contributed by atoms with Gasteiger partial charge in [0.15, 0.2) is 5.82 Å². The minimum absolute atomic E-state index is 0.0412. The second-order valence-corrected chi connectivity index (χ2v) is 5.39. The molecule has 0 bridgehead atoms. The fourth-order valence-electron chi connectivity index (χ4n) is 2.56. The summed E-state index contributed by atoms with van der Waals surface area (Å²) >= 11 is 0. The van der Waals surface area contributed by atoms with Gasteiger partial charge in [0.05, 0.1) is 6.54 Å². The molecule has 0 fully saturated rings. The molecule has 3 rings (SSSR count). The molecule has 0 aliphatic rings. The molecule has 0 atom stereocenters. The van der Waals surface area contributed by atoms with Crippen molar-refractivity contribution < 1.29 is 9.32 Å². The molecule has 23 heavy (non-hydrogen) atoms. The van der Waals surface area contributed by atoms with E-state index >= 15 is 0 Å². The monoisotopic (exact) mass is 312 g/mol. The molecule has 0 aromatic carbocycles. The zero-order chi connectivity index (χ0) is 16.2. The fourth-order valence-corrected chi connectivity index (χ4v) is 2.56. The maximum Gasteiger partial charge on any atom is 0.271 e. The summed E-state index contributed by atoms with van der Waals surface area (Å²) in [5.74, 6) is 1.13. The average molecular weight is 312 g/mol. The zero-order valence-electron chi connectivity index (χ0n) is 13.4. The number of rotatable bonds is 6. The van der Waals surface area contributed by atoms with Crippen LogP contribution in [0.15, 0.2) is 41.1 Å². The lowest BCUT2D eigenvalue weighted by Crippen LogP contribution is -2.31. The Bertz CT molecular complexity index is 806. The van der Waals surface area contributed by atoms with Crippen LogP contribution in [-0.4, -0.2) is 31.9 Å². The van der Waals surface area contributed by atoms with E-state index in [-0.39, 0.29) is 5.91 Å². The van der Waals surface area contributed by atoms with Gasteiger partial charge in [0.2, 0.25) is 5.89 Å². The number of aromatic nitrogens is 3. The smallest absolute Gasteiger partial charge is 0.271 e. The molecule has 0 saturated carbocycles. The van der Waals surface area contributed by atoms with E-state index in [0.29, 0.717) is 30.5 Å². The van der Waals surface area contributed by atoms with Crippen LogP contribution in [0, 0.1) is 0 Å². The van der Waals surface area contributed by atoms with Gasteiger partial charge in [-0.2, -0.15) is 4.98 Å². The van der Waals surface area contributed by atoms with Crippen LogP contribution in [0.25, 0.3) is 5.52 Å². The SMILES string of the molecule is CCCc1nc(CN(CC)C(=O)c2ccc3ccccn23)no1. The number of carbonyl (C=O) groups excluding carboxylic acids is 1. The third kappa shape index (κ3) is 3.11. The van der Waals surface area contributed by atoms with Crippen LogP contribution in [-0.2, 0) is 13.0 Å². The van der Waals surface area contributed by atoms with E-state index < -0.39 is 0 Å². The third-order valence-electron chi connectivity index (χ3n) is 3.76. The molecule has 0 unspecified atom stereocenters. The van der Waals surface area contributed by atoms with Crippen LogP contribution in [0.2, 0.25) is 0 Å². The number of hydrogen-bond acceptors (Lipinski definition) is 4. The average Bonchev–Trinajstić information content (AvgIpc) is 3.19. The number of nitrogens with zero attached hydrogens (tertiary/aromatic N) is 4. The molecule has 0 aliphatic carbocycles. The normalized spacial score (nSPS) is 11.0. The minimum atomic E-state index is -0.0412. The summed E-state index contributed by atoms with van der Waals surface area (Å²) in [7, 11) is 0. The van der Waals surface area contributed by atoms with Crippen molar-refractivity contribution in [2.75, 3.05) is 6.54 Å². The van der Waals surface area contributed by atoms with Gasteiger partial charge in [0, 0.05) is 24.7 Å². The molecule has 6 nitrogen and oxygen atoms in total. The molecule has 120 valence electrons. The van der Waals surface area contributed by atoms with E-state index in [0.717, 1.165) is 18.4 Å². The summed E-state index contributed by atoms with van der Waals surface area (Å²) in [5.41, 5.74) is 1.64. The summed E-state index contributed by atoms with van der Waals surface area (Å²) in [6.45, 7) is 4.93. The lowest BCUT2D eigenvalue weighted by Gasteiger charge is -2.18. The molecule has 0 spiro atoms. The number of aryl methyl sites for hydroxylation is 1. The Morgan fingerprint density at radius 1 is 1.26 bits per heavy atom. The van der Waals surface area contributed by atoms with Gasteiger partial charge in [0.1, 0.15) is 5.69 Å². The van der Waals surface area contributed by atoms with Gasteiger partial charge >= 0.3 is 0 Å². The predicted molar refractivity (Wildman–Crippen MR) is 86.1 cm³/mol. The second-order valence-electron chi connectivity index (χ2n) is 5.39. The highest BCUT2D eigenvalue weighted by atomic mass is 16.5. The Kier molecular flexibility index (Phi) is 4.41. The van der Waals surface area contributed by atoms with Crippen LogP contribution in [0.1, 0.15) is 42.5 Å². The van der Waals surface area contributed by atoms with Crippen LogP contribution < -0.4 is 0 Å². The molecule has 1 amide bonds. The molecule has 3 heterocycles. The Balaban J connectivity index is 1.80. The van der Waals surface area contributed by atoms with Crippen LogP contribution in [0.4, 0.5) is 0 Å². The fraction of sp³-hybridized carbons (Fsp3) is 0.353. The standard InChI is InChI=1S/C17H20N4O2/c1-3-7-16-18-15(19-23-16)12-20(4-2)17(22)14-10-9-13-8-5-6-11-21(13)14/h5-6,8-11H,3-4,7,12H2,1-2H3. The molecule has 6 heteroatoms. The van der Waals surface area contributed by atoms with Crippen molar-refractivity contribution in [2.24, 2.45) is 0 Å². The van der Waals surface area contributed by atoms with Crippen molar-refractivity contribution in [3.05, 3.63) is 53.9 Å². The molecule has 0 aliphatic heterocycles. The lowest BCUT2D eigenvalue weighted by molar-refractivity contribution is 0.0740. The first-order valence-electron chi connectivity index (χ1n) is 7.89. The number of amides is 1. The van der Waals surface area contributed by atoms with Gasteiger partial charge in [-0.15, -0.1) is 0 Å². The summed E-state index contributed by atoms with van der Waals surface area (Å²) in [6.07, 6.45) is 3.61. The molecule has 0 saturated heterocycles. The first-order chi connectivity index (χ1) is 11.2. The molecule has 3 aromatic rings. The number of pyridine rings is 1. The van der Waals surface area contributed by atoms with Gasteiger partial charge in [-0.3, -0.25) is 4.79 Å². The highest BCUT2D eigenvalue weighted by Crippen LogP contribution is 2.14. The molecular formula is C17H20N4O2. The summed E-state index contributed by atoms with van der Waals surface area (Å²) in [4.78, 5) is 18.9. The van der Waals surface area contributed by atoms with E-state index in [4.69, 9.17) is 4.52 Å². The van der Waals surface area contributed by atoms with E-state index in [2.05, 4.69) is 17.1 Å². The minimum Gasteiger partial charge on any atom is -0.339 e. The number of hydrogen-bond donors (Lipinski definition) is 0. The number of carbonyl (C=O) groups is 1. The summed E-state index contributed by atoms with van der Waals surface area (Å²) in [6, 6.07) is 9.63. The Labute approximate surface area is 134 Å². The molecule has 0 radical (unpaired) electrons. The zero-order valence-corrected chi connectivity index (χ0v) is 13.4. The largest absolute Gasteiger partial charge is 0.339 e. The third-order valence-corrected chi connectivity index (χ3v) is 3.76. The first-order valence-corrected chi connectivity index (χ1v) is 7.89. The highest BCUT2D eigenvalue weighted by molar-refractivity contribution is 5.94. The van der Waals surface area contributed by atoms with Crippen molar-refractivity contribution in [1.82, 2.24) is 19.4 Å². The van der Waals surface area contributed by atoms with Gasteiger partial charge in [0.25, 0.3) is 5.91 Å². The second kappa shape index (κ2) is 6.64. The summed E-state index contributed by atoms with van der Waals surface area (Å²) < 4.78 is 7.08. The van der Waals surface area contributed by atoms with E-state index in [1.165, 1.54) is 0 Å². The van der Waals surface area contributed by atoms with E-state index in [1.54, 1.807) is 4.90 Å². The maximum absolute atomic E-state index is 12.8. The van der Waals surface area contributed by atoms with E-state index in [1.807, 2.05) is 47.9 Å². The van der Waals surface area contributed by atoms with E-state index in [9.17, 15) is 4.79 Å². The summed E-state index contributed by atoms with van der Waals surface area (Å²) in [5, 5.41) is 3.96. The van der Waals surface area contributed by atoms with Crippen LogP contribution in [0.3, 0.4) is 0 Å². The Hall–Kier alpha value is -2.63. The Morgan fingerprint density at radius 2 is 2.13 bits per heavy atom. The van der Waals surface area contributed by atoms with Crippen molar-refractivity contribution in [1.29, 1.82) is 0 Å². The van der Waals surface area contributed by atoms with Gasteiger partial charge in [-0.05, 0) is 37.6 Å². The predicted octanol–water partition coefficient (Wildman–Crippen LogP) is 2.94. The molecule has 0 N–H and O–H groups in total. The molecular weight excluding hydrogens is 292 g/mol. The lowest BCUT2D eigenvalue weighted by atomic mass is 10.3. The van der Waals surface area contributed by atoms with Gasteiger partial charge < -0.3 is 13.8 Å². The van der Waals surface area contributed by atoms with Gasteiger partial charge in [-0.25, -0.2) is 0 Å². The topological polar surface area (TPSA) is 63.6 Å². The quantitative estimate of drug-likeness (QED) is 0.702.